The predicted octanol–water partition coefficient (Wildman–Crippen LogP) is 11.3. The molecule has 1 nitrogen and oxygen atoms in total. The van der Waals surface area contributed by atoms with E-state index in [9.17, 15) is 0 Å². The van der Waals surface area contributed by atoms with E-state index in [0.29, 0.717) is 0 Å². The van der Waals surface area contributed by atoms with Crippen molar-refractivity contribution in [2.45, 2.75) is 13.8 Å². The lowest BCUT2D eigenvalue weighted by Crippen LogP contribution is -2.14. The lowest BCUT2D eigenvalue weighted by Gasteiger charge is -2.20. The first-order valence-electron chi connectivity index (χ1n) is 15.4. The van der Waals surface area contributed by atoms with Gasteiger partial charge in [-0.3, -0.25) is 0 Å². The molecule has 1 heterocycles. The van der Waals surface area contributed by atoms with Crippen molar-refractivity contribution in [2.24, 2.45) is 0 Å². The summed E-state index contributed by atoms with van der Waals surface area (Å²) in [7, 11) is 0. The predicted molar refractivity (Wildman–Crippen MR) is 190 cm³/mol. The summed E-state index contributed by atoms with van der Waals surface area (Å²) in [6.07, 6.45) is 6.41. The molecule has 0 radical (unpaired) electrons. The summed E-state index contributed by atoms with van der Waals surface area (Å²) in [6.45, 7) is 5.30. The SMILES string of the molecule is Cc1cccc(C)c1-c1cccc2c(-c3c4ccccc4c(-c4ccc(C5=CC=CCN5)cc4)c4ccccc34)cccc12. The fraction of sp³-hybridized carbons (Fsp3) is 0.0698. The zero-order valence-electron chi connectivity index (χ0n) is 25.1. The Bertz CT molecular complexity index is 2210. The molecule has 0 aliphatic carbocycles. The molecule has 0 amide bonds. The van der Waals surface area contributed by atoms with Crippen LogP contribution in [-0.4, -0.2) is 6.54 Å². The van der Waals surface area contributed by atoms with E-state index in [1.807, 2.05) is 0 Å². The van der Waals surface area contributed by atoms with E-state index in [1.54, 1.807) is 0 Å². The zero-order valence-corrected chi connectivity index (χ0v) is 25.1. The molecule has 0 bridgehead atoms. The molecule has 8 rings (SSSR count). The Balaban J connectivity index is 1.40. The Morgan fingerprint density at radius 2 is 0.909 bits per heavy atom. The van der Waals surface area contributed by atoms with Crippen molar-refractivity contribution in [3.8, 4) is 33.4 Å². The van der Waals surface area contributed by atoms with Crippen molar-refractivity contribution < 1.29 is 0 Å². The minimum atomic E-state index is 0.866. The first-order valence-corrected chi connectivity index (χ1v) is 15.4. The Kier molecular flexibility index (Phi) is 6.38. The average molecular weight is 564 g/mol. The highest BCUT2D eigenvalue weighted by Gasteiger charge is 2.19. The molecular weight excluding hydrogens is 530 g/mol. The van der Waals surface area contributed by atoms with Crippen LogP contribution < -0.4 is 5.32 Å². The monoisotopic (exact) mass is 563 g/mol. The molecule has 7 aromatic carbocycles. The third-order valence-electron chi connectivity index (χ3n) is 9.17. The number of fused-ring (bicyclic) bond motifs is 3. The Morgan fingerprint density at radius 1 is 0.432 bits per heavy atom. The first-order chi connectivity index (χ1) is 21.7. The van der Waals surface area contributed by atoms with Crippen molar-refractivity contribution in [3.05, 3.63) is 162 Å². The Morgan fingerprint density at radius 3 is 1.45 bits per heavy atom. The maximum absolute atomic E-state index is 3.49. The molecule has 44 heavy (non-hydrogen) atoms. The lowest BCUT2D eigenvalue weighted by atomic mass is 9.83. The summed E-state index contributed by atoms with van der Waals surface area (Å²) in [6, 6.07) is 47.1. The molecule has 210 valence electrons. The van der Waals surface area contributed by atoms with E-state index >= 15 is 0 Å². The van der Waals surface area contributed by atoms with Crippen LogP contribution in [0.4, 0.5) is 0 Å². The second-order valence-electron chi connectivity index (χ2n) is 11.8. The summed E-state index contributed by atoms with van der Waals surface area (Å²) in [4.78, 5) is 0. The highest BCUT2D eigenvalue weighted by atomic mass is 14.9. The molecule has 0 saturated heterocycles. The van der Waals surface area contributed by atoms with Gasteiger partial charge in [-0.25, -0.2) is 0 Å². The topological polar surface area (TPSA) is 12.0 Å². The van der Waals surface area contributed by atoms with E-state index in [0.717, 1.165) is 6.54 Å². The number of rotatable bonds is 4. The van der Waals surface area contributed by atoms with Crippen LogP contribution in [0, 0.1) is 13.8 Å². The fourth-order valence-corrected chi connectivity index (χ4v) is 7.19. The maximum Gasteiger partial charge on any atom is 0.0416 e. The fourth-order valence-electron chi connectivity index (χ4n) is 7.19. The Labute approximate surface area is 258 Å². The van der Waals surface area contributed by atoms with Crippen molar-refractivity contribution in [3.63, 3.8) is 0 Å². The van der Waals surface area contributed by atoms with E-state index in [2.05, 4.69) is 165 Å². The molecular formula is C43H33N. The molecule has 0 spiro atoms. The summed E-state index contributed by atoms with van der Waals surface area (Å²) in [5, 5.41) is 11.2. The van der Waals surface area contributed by atoms with Crippen LogP contribution in [0.2, 0.25) is 0 Å². The van der Waals surface area contributed by atoms with Crippen molar-refractivity contribution in [1.82, 2.24) is 5.32 Å². The van der Waals surface area contributed by atoms with Gasteiger partial charge in [0.1, 0.15) is 0 Å². The zero-order chi connectivity index (χ0) is 29.6. The summed E-state index contributed by atoms with van der Waals surface area (Å²) >= 11 is 0. The van der Waals surface area contributed by atoms with Crippen molar-refractivity contribution in [2.75, 3.05) is 6.54 Å². The summed E-state index contributed by atoms with van der Waals surface area (Å²) in [5.74, 6) is 0. The molecule has 0 atom stereocenters. The summed E-state index contributed by atoms with van der Waals surface area (Å²) in [5.41, 5.74) is 12.7. The Hall–Kier alpha value is -5.40. The molecule has 0 saturated carbocycles. The van der Waals surface area contributed by atoms with Gasteiger partial charge in [0.2, 0.25) is 0 Å². The normalized spacial score (nSPS) is 12.9. The van der Waals surface area contributed by atoms with Gasteiger partial charge >= 0.3 is 0 Å². The van der Waals surface area contributed by atoms with Crippen molar-refractivity contribution in [1.29, 1.82) is 0 Å². The van der Waals surface area contributed by atoms with Crippen LogP contribution in [0.5, 0.6) is 0 Å². The average Bonchev–Trinajstić information content (AvgIpc) is 3.07. The first kappa shape index (κ1) is 26.2. The third kappa shape index (κ3) is 4.24. The molecule has 1 aliphatic rings. The minimum absolute atomic E-state index is 0.866. The van der Waals surface area contributed by atoms with Crippen LogP contribution in [0.1, 0.15) is 16.7 Å². The second kappa shape index (κ2) is 10.7. The number of allylic oxidation sites excluding steroid dienone is 2. The lowest BCUT2D eigenvalue weighted by molar-refractivity contribution is 0.996. The van der Waals surface area contributed by atoms with Gasteiger partial charge in [-0.1, -0.05) is 140 Å². The maximum atomic E-state index is 3.49. The van der Waals surface area contributed by atoms with Crippen LogP contribution in [0.15, 0.2) is 146 Å². The van der Waals surface area contributed by atoms with E-state index in [-0.39, 0.29) is 0 Å². The molecule has 1 aliphatic heterocycles. The van der Waals surface area contributed by atoms with Crippen LogP contribution in [0.25, 0.3) is 71.4 Å². The van der Waals surface area contributed by atoms with Gasteiger partial charge in [0, 0.05) is 12.2 Å². The van der Waals surface area contributed by atoms with Gasteiger partial charge in [0.15, 0.2) is 0 Å². The molecule has 0 fully saturated rings. The third-order valence-corrected chi connectivity index (χ3v) is 9.17. The van der Waals surface area contributed by atoms with Crippen LogP contribution in [-0.2, 0) is 0 Å². The number of benzene rings is 7. The molecule has 0 aromatic heterocycles. The molecule has 1 N–H and O–H groups in total. The smallest absolute Gasteiger partial charge is 0.0416 e. The number of hydrogen-bond acceptors (Lipinski definition) is 1. The van der Waals surface area contributed by atoms with Gasteiger partial charge in [-0.2, -0.15) is 0 Å². The second-order valence-corrected chi connectivity index (χ2v) is 11.8. The highest BCUT2D eigenvalue weighted by molar-refractivity contribution is 6.24. The van der Waals surface area contributed by atoms with Gasteiger partial charge < -0.3 is 5.32 Å². The quantitative estimate of drug-likeness (QED) is 0.210. The van der Waals surface area contributed by atoms with E-state index < -0.39 is 0 Å². The van der Waals surface area contributed by atoms with Gasteiger partial charge in [-0.15, -0.1) is 0 Å². The van der Waals surface area contributed by atoms with Gasteiger partial charge in [0.05, 0.1) is 0 Å². The van der Waals surface area contributed by atoms with Gasteiger partial charge in [-0.05, 0) is 102 Å². The van der Waals surface area contributed by atoms with Crippen molar-refractivity contribution >= 4 is 38.0 Å². The number of dihydropyridines is 1. The molecule has 0 unspecified atom stereocenters. The van der Waals surface area contributed by atoms with Crippen LogP contribution in [0.3, 0.4) is 0 Å². The minimum Gasteiger partial charge on any atom is -0.381 e. The van der Waals surface area contributed by atoms with E-state index in [4.69, 9.17) is 0 Å². The van der Waals surface area contributed by atoms with E-state index in [1.165, 1.54) is 88.1 Å². The molecule has 7 aromatic rings. The molecule has 1 heteroatoms. The standard InChI is InChI=1S/C43H33N/c1-28-12-9-13-29(2)41(28)34-20-10-19-33-32(34)18-11-21-35(33)43-38-16-5-3-14-36(38)42(37-15-4-6-17-39(37)43)31-25-23-30(24-26-31)40-22-7-8-27-44-40/h3-26,44H,27H2,1-2H3. The highest BCUT2D eigenvalue weighted by Crippen LogP contribution is 2.46. The number of nitrogens with one attached hydrogen (secondary N) is 1. The van der Waals surface area contributed by atoms with Gasteiger partial charge in [0.25, 0.3) is 0 Å². The van der Waals surface area contributed by atoms with Crippen LogP contribution >= 0.6 is 0 Å². The largest absolute Gasteiger partial charge is 0.381 e. The summed E-state index contributed by atoms with van der Waals surface area (Å²) < 4.78 is 0. The number of aryl methyl sites for hydroxylation is 2. The number of hydrogen-bond donors (Lipinski definition) is 1.